The summed E-state index contributed by atoms with van der Waals surface area (Å²) >= 11 is 0. The van der Waals surface area contributed by atoms with Crippen LogP contribution < -0.4 is 5.73 Å². The summed E-state index contributed by atoms with van der Waals surface area (Å²) in [7, 11) is 0. The van der Waals surface area contributed by atoms with Gasteiger partial charge in [0, 0.05) is 38.3 Å². The Kier molecular flexibility index (Phi) is 5.56. The van der Waals surface area contributed by atoms with Gasteiger partial charge in [0.1, 0.15) is 0 Å². The van der Waals surface area contributed by atoms with Gasteiger partial charge in [-0.1, -0.05) is 0 Å². The zero-order valence-electron chi connectivity index (χ0n) is 11.5. The van der Waals surface area contributed by atoms with Gasteiger partial charge in [0.2, 0.25) is 0 Å². The van der Waals surface area contributed by atoms with Crippen molar-refractivity contribution < 1.29 is 19.8 Å². The minimum absolute atomic E-state index is 0.000785. The summed E-state index contributed by atoms with van der Waals surface area (Å²) in [6.07, 6.45) is 0.506. The first-order valence-electron chi connectivity index (χ1n) is 6.53. The van der Waals surface area contributed by atoms with Crippen LogP contribution in [0.5, 0.6) is 0 Å². The molecular weight excluding hydrogens is 250 g/mol. The lowest BCUT2D eigenvalue weighted by Crippen LogP contribution is -2.46. The summed E-state index contributed by atoms with van der Waals surface area (Å²) in [6, 6.07) is -0.727. The highest BCUT2D eigenvalue weighted by molar-refractivity contribution is 5.78. The fourth-order valence-corrected chi connectivity index (χ4v) is 2.24. The first-order chi connectivity index (χ1) is 8.88. The number of aliphatic hydroxyl groups is 1. The summed E-state index contributed by atoms with van der Waals surface area (Å²) in [5.74, 6) is -1.66. The molecule has 0 aromatic carbocycles. The number of likely N-dealkylation sites (tertiary alicyclic amines) is 1. The molecule has 0 spiro atoms. The number of amides is 2. The second-order valence-electron chi connectivity index (χ2n) is 5.16. The van der Waals surface area contributed by atoms with E-state index in [-0.39, 0.29) is 31.8 Å². The normalized spacial score (nSPS) is 22.9. The second kappa shape index (κ2) is 6.72. The lowest BCUT2D eigenvalue weighted by molar-refractivity contribution is -0.141. The molecule has 1 saturated heterocycles. The van der Waals surface area contributed by atoms with E-state index in [4.69, 9.17) is 15.9 Å². The molecule has 0 radical (unpaired) electrons. The minimum atomic E-state index is -0.964. The van der Waals surface area contributed by atoms with E-state index in [1.807, 2.05) is 13.8 Å². The Bertz CT molecular complexity index is 335. The zero-order chi connectivity index (χ0) is 14.6. The van der Waals surface area contributed by atoms with Gasteiger partial charge in [0.05, 0.1) is 5.92 Å². The number of carbonyl (C=O) groups is 2. The van der Waals surface area contributed by atoms with E-state index < -0.39 is 17.9 Å². The van der Waals surface area contributed by atoms with Crippen LogP contribution in [0.2, 0.25) is 0 Å². The number of nitrogens with two attached hydrogens (primary N) is 1. The maximum Gasteiger partial charge on any atom is 0.320 e. The molecule has 0 aromatic heterocycles. The lowest BCUT2D eigenvalue weighted by Gasteiger charge is -2.31. The van der Waals surface area contributed by atoms with Crippen molar-refractivity contribution >= 4 is 12.0 Å². The Morgan fingerprint density at radius 3 is 2.47 bits per heavy atom. The van der Waals surface area contributed by atoms with Crippen LogP contribution in [0.25, 0.3) is 0 Å². The van der Waals surface area contributed by atoms with Crippen LogP contribution in [0.1, 0.15) is 20.3 Å². The zero-order valence-corrected chi connectivity index (χ0v) is 11.5. The third-order valence-electron chi connectivity index (χ3n) is 3.38. The molecule has 0 bridgehead atoms. The van der Waals surface area contributed by atoms with E-state index in [0.717, 1.165) is 0 Å². The van der Waals surface area contributed by atoms with Gasteiger partial charge in [0.15, 0.2) is 0 Å². The number of hydrogen-bond acceptors (Lipinski definition) is 4. The van der Waals surface area contributed by atoms with Gasteiger partial charge in [-0.2, -0.15) is 0 Å². The highest BCUT2D eigenvalue weighted by Crippen LogP contribution is 2.18. The smallest absolute Gasteiger partial charge is 0.320 e. The van der Waals surface area contributed by atoms with Crippen LogP contribution in [0.15, 0.2) is 0 Å². The van der Waals surface area contributed by atoms with Gasteiger partial charge in [-0.15, -0.1) is 0 Å². The van der Waals surface area contributed by atoms with Crippen molar-refractivity contribution in [3.63, 3.8) is 0 Å². The number of urea groups is 1. The third kappa shape index (κ3) is 3.81. The molecule has 0 saturated carbocycles. The standard InChI is InChI=1S/C12H23N3O4/c1-8(2)15(4-3-5-16)12(19)14-6-9(11(17)18)10(13)7-14/h8-10,16H,3-7,13H2,1-2H3,(H,17,18)/t9-,10+/m0/s1. The quantitative estimate of drug-likeness (QED) is 0.628. The summed E-state index contributed by atoms with van der Waals surface area (Å²) in [6.45, 7) is 4.67. The molecule has 7 heteroatoms. The molecule has 1 aliphatic heterocycles. The van der Waals surface area contributed by atoms with E-state index in [1.54, 1.807) is 4.90 Å². The van der Waals surface area contributed by atoms with E-state index in [0.29, 0.717) is 13.0 Å². The number of nitrogens with zero attached hydrogens (tertiary/aromatic N) is 2. The molecule has 1 heterocycles. The average Bonchev–Trinajstić information content (AvgIpc) is 2.71. The number of aliphatic hydroxyl groups excluding tert-OH is 1. The SMILES string of the molecule is CC(C)N(CCCO)C(=O)N1C[C@@H](N)[C@@H](C(=O)O)C1. The van der Waals surface area contributed by atoms with Crippen LogP contribution in [-0.4, -0.2) is 70.3 Å². The first-order valence-corrected chi connectivity index (χ1v) is 6.53. The van der Waals surface area contributed by atoms with Crippen molar-refractivity contribution in [2.45, 2.75) is 32.4 Å². The molecule has 1 aliphatic rings. The largest absolute Gasteiger partial charge is 0.481 e. The number of hydrogen-bond donors (Lipinski definition) is 3. The van der Waals surface area contributed by atoms with E-state index >= 15 is 0 Å². The first kappa shape index (κ1) is 15.7. The number of aliphatic carboxylic acids is 1. The highest BCUT2D eigenvalue weighted by Gasteiger charge is 2.39. The lowest BCUT2D eigenvalue weighted by atomic mass is 10.1. The van der Waals surface area contributed by atoms with E-state index in [2.05, 4.69) is 0 Å². The summed E-state index contributed by atoms with van der Waals surface area (Å²) in [4.78, 5) is 26.4. The molecule has 1 rings (SSSR count). The molecule has 0 unspecified atom stereocenters. The Hall–Kier alpha value is -1.34. The Morgan fingerprint density at radius 1 is 1.42 bits per heavy atom. The van der Waals surface area contributed by atoms with Crippen LogP contribution in [0.4, 0.5) is 4.79 Å². The minimum Gasteiger partial charge on any atom is -0.481 e. The molecule has 19 heavy (non-hydrogen) atoms. The van der Waals surface area contributed by atoms with Gasteiger partial charge in [-0.25, -0.2) is 4.79 Å². The summed E-state index contributed by atoms with van der Waals surface area (Å²) < 4.78 is 0. The monoisotopic (exact) mass is 273 g/mol. The number of carboxylic acids is 1. The van der Waals surface area contributed by atoms with Gasteiger partial charge in [0.25, 0.3) is 0 Å². The average molecular weight is 273 g/mol. The predicted octanol–water partition coefficient (Wildman–Crippen LogP) is -0.457. The van der Waals surface area contributed by atoms with Gasteiger partial charge in [-0.3, -0.25) is 4.79 Å². The maximum atomic E-state index is 12.3. The molecule has 4 N–H and O–H groups in total. The van der Waals surface area contributed by atoms with Crippen molar-refractivity contribution in [1.29, 1.82) is 0 Å². The molecular formula is C12H23N3O4. The molecule has 1 fully saturated rings. The molecule has 0 aromatic rings. The van der Waals surface area contributed by atoms with Crippen LogP contribution in [0, 0.1) is 5.92 Å². The Balaban J connectivity index is 2.68. The maximum absolute atomic E-state index is 12.3. The fourth-order valence-electron chi connectivity index (χ4n) is 2.24. The summed E-state index contributed by atoms with van der Waals surface area (Å²) in [5, 5.41) is 17.9. The van der Waals surface area contributed by atoms with E-state index in [9.17, 15) is 9.59 Å². The van der Waals surface area contributed by atoms with Crippen molar-refractivity contribution in [3.05, 3.63) is 0 Å². The van der Waals surface area contributed by atoms with Crippen LogP contribution >= 0.6 is 0 Å². The van der Waals surface area contributed by atoms with E-state index in [1.165, 1.54) is 4.90 Å². The Morgan fingerprint density at radius 2 is 2.05 bits per heavy atom. The van der Waals surface area contributed by atoms with Crippen molar-refractivity contribution in [3.8, 4) is 0 Å². The summed E-state index contributed by atoms with van der Waals surface area (Å²) in [5.41, 5.74) is 5.75. The molecule has 2 atom stereocenters. The Labute approximate surface area is 113 Å². The number of carboxylic acid groups (broad SMARTS) is 1. The third-order valence-corrected chi connectivity index (χ3v) is 3.38. The predicted molar refractivity (Wildman–Crippen MR) is 69.6 cm³/mol. The number of carbonyl (C=O) groups excluding carboxylic acids is 1. The highest BCUT2D eigenvalue weighted by atomic mass is 16.4. The van der Waals surface area contributed by atoms with Gasteiger partial charge >= 0.3 is 12.0 Å². The number of rotatable bonds is 5. The van der Waals surface area contributed by atoms with Crippen molar-refractivity contribution in [2.24, 2.45) is 11.7 Å². The van der Waals surface area contributed by atoms with Crippen molar-refractivity contribution in [2.75, 3.05) is 26.2 Å². The second-order valence-corrected chi connectivity index (χ2v) is 5.16. The topological polar surface area (TPSA) is 107 Å². The molecule has 0 aliphatic carbocycles. The van der Waals surface area contributed by atoms with Gasteiger partial charge in [-0.05, 0) is 20.3 Å². The van der Waals surface area contributed by atoms with Gasteiger partial charge < -0.3 is 25.7 Å². The molecule has 110 valence electrons. The van der Waals surface area contributed by atoms with Crippen molar-refractivity contribution in [1.82, 2.24) is 9.80 Å². The van der Waals surface area contributed by atoms with Crippen LogP contribution in [0.3, 0.4) is 0 Å². The van der Waals surface area contributed by atoms with Crippen LogP contribution in [-0.2, 0) is 4.79 Å². The fraction of sp³-hybridized carbons (Fsp3) is 0.833. The molecule has 7 nitrogen and oxygen atoms in total. The molecule has 2 amide bonds.